The first-order chi connectivity index (χ1) is 54.8. The van der Waals surface area contributed by atoms with E-state index in [-0.39, 0.29) is 126 Å². The van der Waals surface area contributed by atoms with Crippen molar-refractivity contribution in [2.24, 2.45) is 83.4 Å². The Morgan fingerprint density at radius 1 is 0.448 bits per heavy atom. The molecule has 648 valence electrons. The number of aliphatic imine (C=N–C) groups is 4. The van der Waals surface area contributed by atoms with E-state index < -0.39 is 198 Å². The number of carbonyl (C=O) groups is 16. The molecular formula is C71H120N26O17S2. The van der Waals surface area contributed by atoms with Gasteiger partial charge in [-0.15, -0.1) is 0 Å². The Morgan fingerprint density at radius 2 is 0.819 bits per heavy atom. The Labute approximate surface area is 684 Å². The number of nitrogens with one attached hydrogen (secondary N) is 12. The van der Waals surface area contributed by atoms with Crippen LogP contribution in [-0.2, 0) is 83.1 Å². The topological polar surface area (TPSA) is 725 Å². The predicted octanol–water partition coefficient (Wildman–Crippen LogP) is -7.43. The van der Waals surface area contributed by atoms with Gasteiger partial charge in [-0.25, -0.2) is 0 Å². The summed E-state index contributed by atoms with van der Waals surface area (Å²) in [5, 5.41) is 40.5. The number of carboxylic acid groups (broad SMARTS) is 1. The van der Waals surface area contributed by atoms with Crippen LogP contribution in [0.2, 0.25) is 0 Å². The Bertz CT molecular complexity index is 3610. The summed E-state index contributed by atoms with van der Waals surface area (Å²) in [5.41, 5.74) is 49.8. The number of aliphatic carboxylic acids is 1. The third-order valence-corrected chi connectivity index (χ3v) is 19.4. The van der Waals surface area contributed by atoms with Crippen molar-refractivity contribution in [3.8, 4) is 0 Å². The van der Waals surface area contributed by atoms with Crippen molar-refractivity contribution in [2.45, 2.75) is 223 Å². The van der Waals surface area contributed by atoms with Crippen LogP contribution in [0.1, 0.15) is 150 Å². The SMILES string of the molecule is CC[C@H](C)[C@H](NC(=O)[C@H](CCCN=C(N)N)NC(=O)CNC(=O)CNC(=O)[C@H](C)N(C(=O)[C@H](CS)NC(=O)[C@H](CCCN=C(N)N)NC(C)=O)C1CCCCC1)C(=O)N[C@@H](CC(=O)O)C(=O)N[C@@H](CCCN=C(N)N)C(=O)N[C@H](C(=O)N[C@@H](Cc1ccccc1)C(=O)N[C@@H](CCCN=C(N)N)C(=O)N[C@@H](CS)C(=O)C(N)=O)[C@@H](C)CC. The van der Waals surface area contributed by atoms with Gasteiger partial charge in [-0.2, -0.15) is 25.3 Å². The Balaban J connectivity index is 2.48. The van der Waals surface area contributed by atoms with E-state index in [1.807, 2.05) is 0 Å². The van der Waals surface area contributed by atoms with Crippen LogP contribution >= 0.6 is 25.3 Å². The van der Waals surface area contributed by atoms with E-state index in [0.29, 0.717) is 24.8 Å². The van der Waals surface area contributed by atoms with Crippen LogP contribution in [0, 0.1) is 11.8 Å². The number of rotatable bonds is 54. The summed E-state index contributed by atoms with van der Waals surface area (Å²) in [6.07, 6.45) is 2.32. The molecule has 0 bridgehead atoms. The van der Waals surface area contributed by atoms with Crippen molar-refractivity contribution in [3.05, 3.63) is 35.9 Å². The summed E-state index contributed by atoms with van der Waals surface area (Å²) >= 11 is 8.42. The normalized spacial score (nSPS) is 15.1. The highest BCUT2D eigenvalue weighted by atomic mass is 32.1. The van der Waals surface area contributed by atoms with Crippen molar-refractivity contribution in [1.82, 2.24) is 68.7 Å². The molecule has 0 heterocycles. The second kappa shape index (κ2) is 53.7. The molecule has 0 saturated heterocycles. The van der Waals surface area contributed by atoms with E-state index in [9.17, 15) is 81.8 Å². The van der Waals surface area contributed by atoms with Gasteiger partial charge in [0, 0.05) is 57.1 Å². The van der Waals surface area contributed by atoms with Gasteiger partial charge in [0.2, 0.25) is 82.6 Å². The third-order valence-electron chi connectivity index (χ3n) is 18.7. The fourth-order valence-electron chi connectivity index (χ4n) is 12.0. The minimum absolute atomic E-state index is 0.0119. The zero-order chi connectivity index (χ0) is 87.3. The summed E-state index contributed by atoms with van der Waals surface area (Å²) in [6, 6.07) is -8.34. The largest absolute Gasteiger partial charge is 0.481 e. The maximum absolute atomic E-state index is 14.7. The van der Waals surface area contributed by atoms with Crippen LogP contribution in [0.4, 0.5) is 0 Å². The Hall–Kier alpha value is -11.3. The average molecular weight is 1670 g/mol. The predicted molar refractivity (Wildman–Crippen MR) is 437 cm³/mol. The highest BCUT2D eigenvalue weighted by Gasteiger charge is 2.41. The molecule has 2 rings (SSSR count). The maximum atomic E-state index is 14.7. The molecule has 1 aliphatic rings. The number of amides is 14. The molecule has 116 heavy (non-hydrogen) atoms. The first-order valence-corrected chi connectivity index (χ1v) is 39.4. The van der Waals surface area contributed by atoms with E-state index >= 15 is 0 Å². The van der Waals surface area contributed by atoms with E-state index in [4.69, 9.17) is 51.6 Å². The van der Waals surface area contributed by atoms with E-state index in [2.05, 4.69) is 109 Å². The number of thiol groups is 2. The Kier molecular flexibility index (Phi) is 46.7. The number of nitrogens with zero attached hydrogens (tertiary/aromatic N) is 5. The number of hydrogen-bond donors (Lipinski definition) is 24. The number of carboxylic acids is 1. The minimum Gasteiger partial charge on any atom is -0.481 e. The number of benzene rings is 1. The molecule has 31 N–H and O–H groups in total. The molecule has 43 nitrogen and oxygen atoms in total. The minimum atomic E-state index is -1.99. The lowest BCUT2D eigenvalue weighted by atomic mass is 9.92. The molecule has 14 amide bonds. The molecule has 1 aromatic rings. The molecule has 1 saturated carbocycles. The number of ketones is 1. The second-order valence-corrected chi connectivity index (χ2v) is 28.6. The van der Waals surface area contributed by atoms with Gasteiger partial charge in [0.15, 0.2) is 23.8 Å². The van der Waals surface area contributed by atoms with Gasteiger partial charge in [0.1, 0.15) is 66.5 Å². The second-order valence-electron chi connectivity index (χ2n) is 27.9. The van der Waals surface area contributed by atoms with Crippen molar-refractivity contribution in [2.75, 3.05) is 50.8 Å². The zero-order valence-electron chi connectivity index (χ0n) is 66.5. The molecule has 0 spiro atoms. The third kappa shape index (κ3) is 38.2. The molecule has 13 atom stereocenters. The fraction of sp³-hybridized carbons (Fsp3) is 0.634. The van der Waals surface area contributed by atoms with Crippen molar-refractivity contribution in [3.63, 3.8) is 0 Å². The van der Waals surface area contributed by atoms with Crippen molar-refractivity contribution < 1.29 is 81.8 Å². The maximum Gasteiger partial charge on any atom is 0.305 e. The highest BCUT2D eigenvalue weighted by Crippen LogP contribution is 2.26. The van der Waals surface area contributed by atoms with Crippen LogP contribution in [0.3, 0.4) is 0 Å². The van der Waals surface area contributed by atoms with Crippen LogP contribution < -0.4 is 115 Å². The lowest BCUT2D eigenvalue weighted by Crippen LogP contribution is -2.62. The molecule has 1 aliphatic carbocycles. The van der Waals surface area contributed by atoms with E-state index in [1.54, 1.807) is 58.0 Å². The van der Waals surface area contributed by atoms with Crippen LogP contribution in [0.5, 0.6) is 0 Å². The first kappa shape index (κ1) is 101. The fourth-order valence-corrected chi connectivity index (χ4v) is 12.5. The standard InChI is InChI=1S/C71H120N26O17S2/c1-7-37(3)54(65(112)91-47(31-41-19-11-9-12-20-41)63(110)89-45(25-17-29-83-70(77)78)60(107)93-49(35-115)56(103)57(72)104)96-62(109)46(26-18-30-84-71(79)80)90-64(111)48(32-53(101)102)92-66(113)55(38(4)8-2)95-61(108)44(24-16-28-82-69(75)76)88-52(100)34-85-51(99)33-86-58(105)39(5)97(42-21-13-10-14-22-42)67(114)50(36-116)94-59(106)43(87-40(6)98)23-15-27-81-68(73)74/h9,11-12,19-20,37-39,42-50,54-55,115-116H,7-8,10,13-18,21-36H2,1-6H3,(H2,72,104)(H,85,99)(H,86,105)(H,87,98)(H,88,100)(H,89,110)(H,90,111)(H,91,112)(H,92,113)(H,93,107)(H,94,106)(H,95,108)(H,96,109)(H,101,102)(H4,73,74,81)(H4,75,76,82)(H4,77,78,83)(H4,79,80,84)/t37-,38-,39-,43-,44-,45-,46-,47-,48-,49-,50-,54-,55-/m0/s1. The van der Waals surface area contributed by atoms with Crippen molar-refractivity contribution in [1.29, 1.82) is 0 Å². The van der Waals surface area contributed by atoms with Gasteiger partial charge < -0.3 is 125 Å². The molecule has 0 radical (unpaired) electrons. The number of hydrogen-bond acceptors (Lipinski definition) is 22. The number of primary amides is 1. The number of carbonyl (C=O) groups excluding carboxylic acids is 15. The number of guanidine groups is 4. The molecule has 0 aliphatic heterocycles. The first-order valence-electron chi connectivity index (χ1n) is 38.2. The summed E-state index contributed by atoms with van der Waals surface area (Å²) in [7, 11) is 0. The smallest absolute Gasteiger partial charge is 0.305 e. The van der Waals surface area contributed by atoms with Gasteiger partial charge in [-0.05, 0) is 88.5 Å². The summed E-state index contributed by atoms with van der Waals surface area (Å²) in [4.78, 5) is 236. The van der Waals surface area contributed by atoms with Crippen molar-refractivity contribution >= 4 is 144 Å². The number of Topliss-reactive ketones (excluding diaryl/α,β-unsaturated/α-hetero) is 1. The summed E-state index contributed by atoms with van der Waals surface area (Å²) in [5.74, 6) is -18.9. The molecule has 1 fully saturated rings. The van der Waals surface area contributed by atoms with Gasteiger partial charge >= 0.3 is 5.97 Å². The molecule has 45 heteroatoms. The van der Waals surface area contributed by atoms with Gasteiger partial charge in [0.25, 0.3) is 5.91 Å². The summed E-state index contributed by atoms with van der Waals surface area (Å²) < 4.78 is 0. The van der Waals surface area contributed by atoms with Crippen LogP contribution in [-0.4, -0.2) is 252 Å². The summed E-state index contributed by atoms with van der Waals surface area (Å²) in [6.45, 7) is 7.64. The quantitative estimate of drug-likeness (QED) is 0.00947. The van der Waals surface area contributed by atoms with E-state index in [0.717, 1.165) is 19.3 Å². The number of nitrogens with two attached hydrogens (primary N) is 9. The molecule has 0 unspecified atom stereocenters. The lowest BCUT2D eigenvalue weighted by molar-refractivity contribution is -0.146. The van der Waals surface area contributed by atoms with E-state index in [1.165, 1.54) is 18.7 Å². The molecule has 1 aromatic carbocycles. The van der Waals surface area contributed by atoms with Gasteiger partial charge in [0.05, 0.1) is 19.5 Å². The lowest BCUT2D eigenvalue weighted by Gasteiger charge is -2.40. The monoisotopic (exact) mass is 1670 g/mol. The Morgan fingerprint density at radius 3 is 1.22 bits per heavy atom. The van der Waals surface area contributed by atoms with Gasteiger partial charge in [-0.1, -0.05) is 90.1 Å². The van der Waals surface area contributed by atoms with Crippen LogP contribution in [0.25, 0.3) is 0 Å². The highest BCUT2D eigenvalue weighted by molar-refractivity contribution is 7.80. The van der Waals surface area contributed by atoms with Gasteiger partial charge in [-0.3, -0.25) is 96.7 Å². The van der Waals surface area contributed by atoms with Crippen LogP contribution in [0.15, 0.2) is 50.3 Å². The molecule has 0 aromatic heterocycles. The molecular weight excluding hydrogens is 1550 g/mol. The zero-order valence-corrected chi connectivity index (χ0v) is 68.2. The average Bonchev–Trinajstić information content (AvgIpc) is 0.817.